The molecule has 2 aliphatic heterocycles. The third kappa shape index (κ3) is 3.16. The van der Waals surface area contributed by atoms with Gasteiger partial charge in [-0.3, -0.25) is 9.69 Å². The Morgan fingerprint density at radius 2 is 1.96 bits per heavy atom. The molecule has 2 heterocycles. The minimum absolute atomic E-state index is 0.0457. The van der Waals surface area contributed by atoms with Crippen LogP contribution in [0.2, 0.25) is 0 Å². The smallest absolute Gasteiger partial charge is 0.311 e. The molecular formula is C21H34N2O2. The van der Waals surface area contributed by atoms with Crippen molar-refractivity contribution in [3.8, 4) is 0 Å². The van der Waals surface area contributed by atoms with Crippen molar-refractivity contribution >= 4 is 5.97 Å². The zero-order chi connectivity index (χ0) is 17.6. The van der Waals surface area contributed by atoms with Crippen LogP contribution in [-0.2, 0) is 9.53 Å². The van der Waals surface area contributed by atoms with Gasteiger partial charge in [0.1, 0.15) is 6.10 Å². The van der Waals surface area contributed by atoms with Crippen LogP contribution in [0.25, 0.3) is 0 Å². The number of rotatable bonds is 3. The number of carbonyl (C=O) groups is 1. The number of fused-ring (bicyclic) bond motifs is 2. The minimum Gasteiger partial charge on any atom is -0.461 e. The number of hydrogen-bond donors (Lipinski definition) is 0. The average molecular weight is 347 g/mol. The molecule has 0 radical (unpaired) electrons. The van der Waals surface area contributed by atoms with E-state index in [9.17, 15) is 4.79 Å². The van der Waals surface area contributed by atoms with Crippen LogP contribution in [0.15, 0.2) is 11.6 Å². The molecule has 5 atom stereocenters. The third-order valence-corrected chi connectivity index (χ3v) is 7.45. The van der Waals surface area contributed by atoms with Gasteiger partial charge < -0.3 is 9.64 Å². The monoisotopic (exact) mass is 346 g/mol. The van der Waals surface area contributed by atoms with Crippen molar-refractivity contribution in [2.45, 2.75) is 52.6 Å². The van der Waals surface area contributed by atoms with E-state index in [1.807, 2.05) is 0 Å². The fourth-order valence-electron chi connectivity index (χ4n) is 5.82. The molecule has 0 N–H and O–H groups in total. The molecule has 0 spiro atoms. The van der Waals surface area contributed by atoms with E-state index >= 15 is 0 Å². The quantitative estimate of drug-likeness (QED) is 0.581. The zero-order valence-corrected chi connectivity index (χ0v) is 16.2. The molecule has 4 nitrogen and oxygen atoms in total. The molecule has 140 valence electrons. The van der Waals surface area contributed by atoms with E-state index in [1.165, 1.54) is 19.3 Å². The van der Waals surface area contributed by atoms with Crippen LogP contribution in [0.4, 0.5) is 0 Å². The molecule has 0 bridgehead atoms. The van der Waals surface area contributed by atoms with Crippen molar-refractivity contribution in [2.75, 3.05) is 39.3 Å². The van der Waals surface area contributed by atoms with E-state index in [0.29, 0.717) is 11.8 Å². The summed E-state index contributed by atoms with van der Waals surface area (Å²) >= 11 is 0. The Balaban J connectivity index is 1.49. The van der Waals surface area contributed by atoms with Crippen molar-refractivity contribution in [1.82, 2.24) is 9.80 Å². The summed E-state index contributed by atoms with van der Waals surface area (Å²) in [6.45, 7) is 13.4. The highest BCUT2D eigenvalue weighted by Crippen LogP contribution is 2.53. The molecule has 2 aliphatic carbocycles. The Labute approximate surface area is 152 Å². The molecule has 0 amide bonds. The molecule has 0 aromatic heterocycles. The number of likely N-dealkylation sites (N-methyl/N-ethyl adjacent to an activating group) is 1. The predicted octanol–water partition coefficient (Wildman–Crippen LogP) is 2.94. The Bertz CT molecular complexity index is 552. The van der Waals surface area contributed by atoms with E-state index in [-0.39, 0.29) is 23.4 Å². The van der Waals surface area contributed by atoms with Crippen molar-refractivity contribution in [1.29, 1.82) is 0 Å². The molecule has 25 heavy (non-hydrogen) atoms. The first-order chi connectivity index (χ1) is 12.0. The van der Waals surface area contributed by atoms with Gasteiger partial charge in [0.25, 0.3) is 0 Å². The number of esters is 1. The maximum Gasteiger partial charge on any atom is 0.311 e. The second-order valence-electron chi connectivity index (χ2n) is 9.07. The standard InChI is InChI=1S/C21H34N2O2/c1-4-22-8-10-23(11-9-22)14-17-16-12-18-15(2)6-5-7-21(18,3)13-19(16)25-20(17)24/h12,15-17,19H,4-11,13-14H2,1-3H3/t15-,16+,17+,19+,21+/m0/s1. The van der Waals surface area contributed by atoms with Gasteiger partial charge in [-0.05, 0) is 37.1 Å². The molecule has 1 saturated carbocycles. The van der Waals surface area contributed by atoms with Gasteiger partial charge in [0.15, 0.2) is 0 Å². The molecule has 0 unspecified atom stereocenters. The van der Waals surface area contributed by atoms with Gasteiger partial charge in [0, 0.05) is 38.6 Å². The Morgan fingerprint density at radius 1 is 1.24 bits per heavy atom. The first-order valence-electron chi connectivity index (χ1n) is 10.4. The number of piperazine rings is 1. The summed E-state index contributed by atoms with van der Waals surface area (Å²) in [4.78, 5) is 17.6. The summed E-state index contributed by atoms with van der Waals surface area (Å²) in [5.41, 5.74) is 1.89. The lowest BCUT2D eigenvalue weighted by Crippen LogP contribution is -2.48. The summed E-state index contributed by atoms with van der Waals surface area (Å²) in [5, 5.41) is 0. The molecule has 4 rings (SSSR count). The lowest BCUT2D eigenvalue weighted by atomic mass is 9.59. The third-order valence-electron chi connectivity index (χ3n) is 7.45. The van der Waals surface area contributed by atoms with Gasteiger partial charge in [-0.15, -0.1) is 0 Å². The highest BCUT2D eigenvalue weighted by atomic mass is 16.6. The highest BCUT2D eigenvalue weighted by molar-refractivity contribution is 5.76. The molecule has 4 aliphatic rings. The van der Waals surface area contributed by atoms with E-state index < -0.39 is 0 Å². The molecule has 0 aromatic rings. The van der Waals surface area contributed by atoms with Crippen LogP contribution in [0.5, 0.6) is 0 Å². The Morgan fingerprint density at radius 3 is 2.68 bits per heavy atom. The summed E-state index contributed by atoms with van der Waals surface area (Å²) in [7, 11) is 0. The van der Waals surface area contributed by atoms with E-state index in [0.717, 1.165) is 45.7 Å². The number of nitrogens with zero attached hydrogens (tertiary/aromatic N) is 2. The maximum atomic E-state index is 12.6. The fraction of sp³-hybridized carbons (Fsp3) is 0.857. The second-order valence-corrected chi connectivity index (χ2v) is 9.07. The van der Waals surface area contributed by atoms with Crippen LogP contribution in [-0.4, -0.2) is 61.1 Å². The van der Waals surface area contributed by atoms with Crippen molar-refractivity contribution in [3.05, 3.63) is 11.6 Å². The van der Waals surface area contributed by atoms with Gasteiger partial charge in [-0.25, -0.2) is 0 Å². The number of allylic oxidation sites excluding steroid dienone is 1. The number of ether oxygens (including phenoxy) is 1. The SMILES string of the molecule is CCN1CCN(C[C@H]2C(=O)O[C@@H]3C[C@@]4(C)CCC[C@H](C)C4=C[C@@H]32)CC1. The summed E-state index contributed by atoms with van der Waals surface area (Å²) in [6.07, 6.45) is 7.51. The molecule has 0 aromatic carbocycles. The Kier molecular flexibility index (Phi) is 4.70. The number of hydrogen-bond acceptors (Lipinski definition) is 4. The van der Waals surface area contributed by atoms with Crippen LogP contribution in [0, 0.1) is 23.2 Å². The molecule has 2 saturated heterocycles. The Hall–Kier alpha value is -0.870. The largest absolute Gasteiger partial charge is 0.461 e. The van der Waals surface area contributed by atoms with Gasteiger partial charge in [-0.2, -0.15) is 0 Å². The van der Waals surface area contributed by atoms with E-state index in [1.54, 1.807) is 5.57 Å². The molecular weight excluding hydrogens is 312 g/mol. The zero-order valence-electron chi connectivity index (χ0n) is 16.2. The van der Waals surface area contributed by atoms with Crippen molar-refractivity contribution in [3.63, 3.8) is 0 Å². The van der Waals surface area contributed by atoms with Crippen molar-refractivity contribution in [2.24, 2.45) is 23.2 Å². The molecule has 3 fully saturated rings. The summed E-state index contributed by atoms with van der Waals surface area (Å²) in [6, 6.07) is 0. The average Bonchev–Trinajstić information content (AvgIpc) is 2.88. The topological polar surface area (TPSA) is 32.8 Å². The normalized spacial score (nSPS) is 42.5. The van der Waals surface area contributed by atoms with Crippen LogP contribution >= 0.6 is 0 Å². The predicted molar refractivity (Wildman–Crippen MR) is 99.2 cm³/mol. The first kappa shape index (κ1) is 17.5. The second kappa shape index (κ2) is 6.70. The lowest BCUT2D eigenvalue weighted by Gasteiger charge is -2.46. The van der Waals surface area contributed by atoms with Crippen LogP contribution in [0.1, 0.15) is 46.5 Å². The minimum atomic E-state index is 0.0457. The lowest BCUT2D eigenvalue weighted by molar-refractivity contribution is -0.145. The summed E-state index contributed by atoms with van der Waals surface area (Å²) < 4.78 is 5.89. The van der Waals surface area contributed by atoms with Crippen LogP contribution < -0.4 is 0 Å². The summed E-state index contributed by atoms with van der Waals surface area (Å²) in [5.74, 6) is 1.08. The molecule has 4 heteroatoms. The van der Waals surface area contributed by atoms with Gasteiger partial charge in [0.05, 0.1) is 5.92 Å². The van der Waals surface area contributed by atoms with Gasteiger partial charge >= 0.3 is 5.97 Å². The number of carbonyl (C=O) groups excluding carboxylic acids is 1. The van der Waals surface area contributed by atoms with Gasteiger partial charge in [0.2, 0.25) is 0 Å². The first-order valence-corrected chi connectivity index (χ1v) is 10.4. The van der Waals surface area contributed by atoms with E-state index in [2.05, 4.69) is 36.6 Å². The van der Waals surface area contributed by atoms with Crippen molar-refractivity contribution < 1.29 is 9.53 Å². The maximum absolute atomic E-state index is 12.6. The van der Waals surface area contributed by atoms with E-state index in [4.69, 9.17) is 4.74 Å². The fourth-order valence-corrected chi connectivity index (χ4v) is 5.82. The van der Waals surface area contributed by atoms with Crippen LogP contribution in [0.3, 0.4) is 0 Å². The van der Waals surface area contributed by atoms with Gasteiger partial charge in [-0.1, -0.05) is 38.8 Å². The highest BCUT2D eigenvalue weighted by Gasteiger charge is 2.51.